The summed E-state index contributed by atoms with van der Waals surface area (Å²) in [6, 6.07) is 10.2. The van der Waals surface area contributed by atoms with E-state index in [0.29, 0.717) is 29.2 Å². The first kappa shape index (κ1) is 17.2. The molecule has 1 saturated heterocycles. The van der Waals surface area contributed by atoms with Crippen molar-refractivity contribution in [3.8, 4) is 5.75 Å². The van der Waals surface area contributed by atoms with E-state index in [9.17, 15) is 13.2 Å². The van der Waals surface area contributed by atoms with Crippen LogP contribution in [0.15, 0.2) is 42.6 Å². The van der Waals surface area contributed by atoms with Crippen LogP contribution in [-0.4, -0.2) is 44.0 Å². The molecule has 132 valence electrons. The Labute approximate surface area is 146 Å². The molecule has 1 unspecified atom stereocenters. The lowest BCUT2D eigenvalue weighted by atomic mass is 10.2. The molecule has 3 rings (SSSR count). The second-order valence-corrected chi connectivity index (χ2v) is 8.06. The Balaban J connectivity index is 1.71. The van der Waals surface area contributed by atoms with Crippen molar-refractivity contribution in [3.63, 3.8) is 0 Å². The monoisotopic (exact) mass is 361 g/mol. The molecule has 0 radical (unpaired) electrons. The van der Waals surface area contributed by atoms with Gasteiger partial charge in [0.25, 0.3) is 5.91 Å². The molecule has 25 heavy (non-hydrogen) atoms. The summed E-state index contributed by atoms with van der Waals surface area (Å²) in [5, 5.41) is 5.88. The van der Waals surface area contributed by atoms with Gasteiger partial charge in [0.2, 0.25) is 0 Å². The summed E-state index contributed by atoms with van der Waals surface area (Å²) in [6.45, 7) is 0. The highest BCUT2D eigenvalue weighted by molar-refractivity contribution is 7.91. The molecule has 0 saturated carbocycles. The number of carbonyl (C=O) groups excluding carboxylic acids is 1. The molecular formula is C17H19N3O4S. The SMILES string of the molecule is COc1ccccc1NC(=O)c1ccnc(NC2CCS(=O)(=O)C2)c1. The number of methoxy groups -OCH3 is 1. The maximum Gasteiger partial charge on any atom is 0.255 e. The van der Waals surface area contributed by atoms with Crippen molar-refractivity contribution in [1.29, 1.82) is 0 Å². The number of pyridine rings is 1. The van der Waals surface area contributed by atoms with E-state index < -0.39 is 9.84 Å². The maximum atomic E-state index is 12.5. The number of nitrogens with one attached hydrogen (secondary N) is 2. The molecule has 1 amide bonds. The van der Waals surface area contributed by atoms with Crippen molar-refractivity contribution in [2.75, 3.05) is 29.2 Å². The summed E-state index contributed by atoms with van der Waals surface area (Å²) >= 11 is 0. The summed E-state index contributed by atoms with van der Waals surface area (Å²) in [4.78, 5) is 16.6. The molecule has 1 fully saturated rings. The highest BCUT2D eigenvalue weighted by Gasteiger charge is 2.28. The van der Waals surface area contributed by atoms with E-state index >= 15 is 0 Å². The second-order valence-electron chi connectivity index (χ2n) is 5.83. The summed E-state index contributed by atoms with van der Waals surface area (Å²) in [7, 11) is -1.44. The third-order valence-corrected chi connectivity index (χ3v) is 5.73. The van der Waals surface area contributed by atoms with Gasteiger partial charge in [0.15, 0.2) is 9.84 Å². The fourth-order valence-electron chi connectivity index (χ4n) is 2.71. The number of rotatable bonds is 5. The first-order valence-corrected chi connectivity index (χ1v) is 9.66. The first-order valence-electron chi connectivity index (χ1n) is 7.84. The molecule has 1 aliphatic rings. The molecule has 2 heterocycles. The van der Waals surface area contributed by atoms with Gasteiger partial charge in [0.1, 0.15) is 11.6 Å². The zero-order valence-electron chi connectivity index (χ0n) is 13.7. The molecule has 1 aromatic heterocycles. The van der Waals surface area contributed by atoms with Gasteiger partial charge in [-0.2, -0.15) is 0 Å². The van der Waals surface area contributed by atoms with Gasteiger partial charge < -0.3 is 15.4 Å². The molecule has 0 aliphatic carbocycles. The molecule has 2 N–H and O–H groups in total. The number of ether oxygens (including phenoxy) is 1. The quantitative estimate of drug-likeness (QED) is 0.845. The number of amides is 1. The van der Waals surface area contributed by atoms with Crippen LogP contribution < -0.4 is 15.4 Å². The van der Waals surface area contributed by atoms with E-state index in [0.717, 1.165) is 0 Å². The smallest absolute Gasteiger partial charge is 0.255 e. The van der Waals surface area contributed by atoms with E-state index in [1.165, 1.54) is 13.3 Å². The van der Waals surface area contributed by atoms with Crippen LogP contribution in [0.5, 0.6) is 5.75 Å². The largest absolute Gasteiger partial charge is 0.495 e. The van der Waals surface area contributed by atoms with Crippen molar-refractivity contribution in [1.82, 2.24) is 4.98 Å². The van der Waals surface area contributed by atoms with Gasteiger partial charge in [-0.15, -0.1) is 0 Å². The standard InChI is InChI=1S/C17H19N3O4S/c1-24-15-5-3-2-4-14(15)20-17(21)12-6-8-18-16(10-12)19-13-7-9-25(22,23)11-13/h2-6,8,10,13H,7,9,11H2,1H3,(H,18,19)(H,20,21). The third-order valence-electron chi connectivity index (χ3n) is 3.96. The molecular weight excluding hydrogens is 342 g/mol. The zero-order chi connectivity index (χ0) is 17.9. The second kappa shape index (κ2) is 7.10. The van der Waals surface area contributed by atoms with Crippen molar-refractivity contribution in [3.05, 3.63) is 48.2 Å². The molecule has 2 aromatic rings. The molecule has 7 nitrogen and oxygen atoms in total. The molecule has 8 heteroatoms. The highest BCUT2D eigenvalue weighted by atomic mass is 32.2. The summed E-state index contributed by atoms with van der Waals surface area (Å²) in [5.41, 5.74) is 0.993. The molecule has 1 atom stereocenters. The van der Waals surface area contributed by atoms with Crippen LogP contribution >= 0.6 is 0 Å². The van der Waals surface area contributed by atoms with Gasteiger partial charge >= 0.3 is 0 Å². The van der Waals surface area contributed by atoms with Crippen LogP contribution in [0, 0.1) is 0 Å². The lowest BCUT2D eigenvalue weighted by Gasteiger charge is -2.13. The average molecular weight is 361 g/mol. The normalized spacial score (nSPS) is 18.5. The molecule has 0 bridgehead atoms. The Hall–Kier alpha value is -2.61. The van der Waals surface area contributed by atoms with Gasteiger partial charge in [-0.05, 0) is 30.7 Å². The van der Waals surface area contributed by atoms with Gasteiger partial charge in [-0.3, -0.25) is 4.79 Å². The number of benzene rings is 1. The van der Waals surface area contributed by atoms with E-state index in [1.807, 2.05) is 6.07 Å². The van der Waals surface area contributed by atoms with Crippen LogP contribution in [-0.2, 0) is 9.84 Å². The topological polar surface area (TPSA) is 97.4 Å². The number of aromatic nitrogens is 1. The fourth-order valence-corrected chi connectivity index (χ4v) is 4.38. The number of carbonyl (C=O) groups is 1. The van der Waals surface area contributed by atoms with Crippen LogP contribution in [0.25, 0.3) is 0 Å². The lowest BCUT2D eigenvalue weighted by Crippen LogP contribution is -2.21. The van der Waals surface area contributed by atoms with Crippen molar-refractivity contribution < 1.29 is 17.9 Å². The van der Waals surface area contributed by atoms with Crippen LogP contribution in [0.1, 0.15) is 16.8 Å². The van der Waals surface area contributed by atoms with Gasteiger partial charge in [-0.25, -0.2) is 13.4 Å². The number of anilines is 2. The van der Waals surface area contributed by atoms with Crippen molar-refractivity contribution in [2.45, 2.75) is 12.5 Å². The van der Waals surface area contributed by atoms with Crippen LogP contribution in [0.2, 0.25) is 0 Å². The fraction of sp³-hybridized carbons (Fsp3) is 0.294. The predicted molar refractivity (Wildman–Crippen MR) is 95.9 cm³/mol. The van der Waals surface area contributed by atoms with Gasteiger partial charge in [-0.1, -0.05) is 12.1 Å². The minimum Gasteiger partial charge on any atom is -0.495 e. The van der Waals surface area contributed by atoms with Crippen molar-refractivity contribution >= 4 is 27.2 Å². The van der Waals surface area contributed by atoms with E-state index in [1.54, 1.807) is 30.3 Å². The highest BCUT2D eigenvalue weighted by Crippen LogP contribution is 2.24. The number of para-hydroxylation sites is 2. The third kappa shape index (κ3) is 4.27. The van der Waals surface area contributed by atoms with E-state index in [4.69, 9.17) is 4.74 Å². The molecule has 1 aromatic carbocycles. The Morgan fingerprint density at radius 3 is 2.80 bits per heavy atom. The predicted octanol–water partition coefficient (Wildman–Crippen LogP) is 1.94. The summed E-state index contributed by atoms with van der Waals surface area (Å²) in [5.74, 6) is 1.02. The Bertz CT molecular complexity index is 883. The minimum absolute atomic E-state index is 0.0896. The van der Waals surface area contributed by atoms with Crippen molar-refractivity contribution in [2.24, 2.45) is 0 Å². The van der Waals surface area contributed by atoms with E-state index in [-0.39, 0.29) is 23.5 Å². The first-order chi connectivity index (χ1) is 12.0. The summed E-state index contributed by atoms with van der Waals surface area (Å²) in [6.07, 6.45) is 2.06. The Morgan fingerprint density at radius 2 is 2.08 bits per heavy atom. The zero-order valence-corrected chi connectivity index (χ0v) is 14.5. The van der Waals surface area contributed by atoms with Crippen LogP contribution in [0.3, 0.4) is 0 Å². The molecule has 0 spiro atoms. The lowest BCUT2D eigenvalue weighted by molar-refractivity contribution is 0.102. The number of sulfone groups is 1. The summed E-state index contributed by atoms with van der Waals surface area (Å²) < 4.78 is 28.3. The van der Waals surface area contributed by atoms with Gasteiger partial charge in [0, 0.05) is 17.8 Å². The van der Waals surface area contributed by atoms with Gasteiger partial charge in [0.05, 0.1) is 24.3 Å². The Kier molecular flexibility index (Phi) is 4.89. The Morgan fingerprint density at radius 1 is 1.28 bits per heavy atom. The van der Waals surface area contributed by atoms with Crippen LogP contribution in [0.4, 0.5) is 11.5 Å². The average Bonchev–Trinajstić information content (AvgIpc) is 2.94. The number of hydrogen-bond acceptors (Lipinski definition) is 6. The molecule has 1 aliphatic heterocycles. The number of hydrogen-bond donors (Lipinski definition) is 2. The number of nitrogens with zero attached hydrogens (tertiary/aromatic N) is 1. The maximum absolute atomic E-state index is 12.5. The van der Waals surface area contributed by atoms with E-state index in [2.05, 4.69) is 15.6 Å². The minimum atomic E-state index is -2.97.